The molecule has 64 valence electrons. The number of rotatable bonds is 4. The molecule has 5 heteroatoms. The van der Waals surface area contributed by atoms with Crippen LogP contribution in [0.2, 0.25) is 0 Å². The van der Waals surface area contributed by atoms with Crippen molar-refractivity contribution in [2.45, 2.75) is 0 Å². The zero-order chi connectivity index (χ0) is 7.33. The molecule has 0 aromatic carbocycles. The summed E-state index contributed by atoms with van der Waals surface area (Å²) in [7, 11) is 0. The summed E-state index contributed by atoms with van der Waals surface area (Å²) < 4.78 is 0. The average molecular weight is 266 g/mol. The van der Waals surface area contributed by atoms with E-state index in [0.29, 0.717) is 23.5 Å². The van der Waals surface area contributed by atoms with Crippen LogP contribution in [0.15, 0.2) is 0 Å². The van der Waals surface area contributed by atoms with Gasteiger partial charge in [-0.25, -0.2) is 0 Å². The molecule has 0 atom stereocenters. The van der Waals surface area contributed by atoms with Crippen molar-refractivity contribution in [3.05, 3.63) is 0 Å². The fourth-order valence-electron chi connectivity index (χ4n) is 0.214. The van der Waals surface area contributed by atoms with E-state index in [1.807, 2.05) is 0 Å². The molecule has 0 saturated heterocycles. The summed E-state index contributed by atoms with van der Waals surface area (Å²) in [5.41, 5.74) is -0.272. The molecule has 0 fully saturated rings. The van der Waals surface area contributed by atoms with Gasteiger partial charge in [-0.05, 0) is 0 Å². The molecular formula is C5H8Cl4Fe. The van der Waals surface area contributed by atoms with Crippen molar-refractivity contribution in [1.82, 2.24) is 0 Å². The molecule has 0 aromatic rings. The fraction of sp³-hybridized carbons (Fsp3) is 1.00. The van der Waals surface area contributed by atoms with Gasteiger partial charge in [0.1, 0.15) is 0 Å². The van der Waals surface area contributed by atoms with Gasteiger partial charge in [0.2, 0.25) is 0 Å². The predicted molar refractivity (Wildman–Crippen MR) is 45.3 cm³/mol. The van der Waals surface area contributed by atoms with Gasteiger partial charge in [0, 0.05) is 46.0 Å². The van der Waals surface area contributed by atoms with Crippen molar-refractivity contribution < 1.29 is 17.1 Å². The summed E-state index contributed by atoms with van der Waals surface area (Å²) in [5.74, 6) is 1.68. The summed E-state index contributed by atoms with van der Waals surface area (Å²) in [6.07, 6.45) is 0. The van der Waals surface area contributed by atoms with E-state index in [1.165, 1.54) is 0 Å². The molecule has 0 heterocycles. The first-order valence-corrected chi connectivity index (χ1v) is 4.62. The third kappa shape index (κ3) is 3.90. The first-order valence-electron chi connectivity index (χ1n) is 2.48. The van der Waals surface area contributed by atoms with E-state index in [1.54, 1.807) is 0 Å². The molecule has 0 aromatic heterocycles. The van der Waals surface area contributed by atoms with Gasteiger partial charge in [-0.15, -0.1) is 46.4 Å². The van der Waals surface area contributed by atoms with Crippen LogP contribution >= 0.6 is 46.4 Å². The van der Waals surface area contributed by atoms with Crippen LogP contribution in [-0.4, -0.2) is 23.5 Å². The Labute approximate surface area is 92.0 Å². The van der Waals surface area contributed by atoms with Gasteiger partial charge in [0.15, 0.2) is 0 Å². The van der Waals surface area contributed by atoms with E-state index in [0.717, 1.165) is 0 Å². The van der Waals surface area contributed by atoms with Crippen molar-refractivity contribution in [3.8, 4) is 0 Å². The Hall–Kier alpha value is 1.68. The molecule has 0 rings (SSSR count). The summed E-state index contributed by atoms with van der Waals surface area (Å²) in [6.45, 7) is 0. The first kappa shape index (κ1) is 14.2. The Morgan fingerprint density at radius 1 is 0.700 bits per heavy atom. The smallest absolute Gasteiger partial charge is 0.0314 e. The number of hydrogen-bond acceptors (Lipinski definition) is 0. The zero-order valence-electron chi connectivity index (χ0n) is 5.19. The van der Waals surface area contributed by atoms with Gasteiger partial charge in [0.05, 0.1) is 0 Å². The molecule has 10 heavy (non-hydrogen) atoms. The van der Waals surface area contributed by atoms with Crippen molar-refractivity contribution in [2.24, 2.45) is 5.41 Å². The molecule has 0 N–H and O–H groups in total. The van der Waals surface area contributed by atoms with Crippen LogP contribution in [0, 0.1) is 5.41 Å². The normalized spacial score (nSPS) is 10.8. The van der Waals surface area contributed by atoms with Crippen LogP contribution in [0.25, 0.3) is 0 Å². The molecule has 0 nitrogen and oxygen atoms in total. The summed E-state index contributed by atoms with van der Waals surface area (Å²) in [6, 6.07) is 0. The standard InChI is InChI=1S/C5H8Cl4.Fe/c6-1-5(2-7,3-8)4-9;/h1-4H2;. The molecule has 0 aliphatic carbocycles. The predicted octanol–water partition coefficient (Wildman–Crippen LogP) is 2.93. The first-order chi connectivity index (χ1) is 4.24. The van der Waals surface area contributed by atoms with Crippen LogP contribution in [0.3, 0.4) is 0 Å². The minimum Gasteiger partial charge on any atom is -0.126 e. The van der Waals surface area contributed by atoms with Crippen LogP contribution < -0.4 is 0 Å². The largest absolute Gasteiger partial charge is 0.126 e. The van der Waals surface area contributed by atoms with Crippen LogP contribution in [0.4, 0.5) is 0 Å². The Morgan fingerprint density at radius 2 is 0.900 bits per heavy atom. The molecule has 0 aliphatic rings. The number of halogens is 4. The molecule has 0 amide bonds. The van der Waals surface area contributed by atoms with Gasteiger partial charge >= 0.3 is 0 Å². The third-order valence-electron chi connectivity index (χ3n) is 1.13. The zero-order valence-corrected chi connectivity index (χ0v) is 9.32. The molecule has 0 saturated carbocycles. The second-order valence-corrected chi connectivity index (χ2v) is 3.10. The van der Waals surface area contributed by atoms with Crippen molar-refractivity contribution in [1.29, 1.82) is 0 Å². The monoisotopic (exact) mass is 264 g/mol. The Kier molecular flexibility index (Phi) is 10.4. The molecule has 0 spiro atoms. The Bertz CT molecular complexity index is 56.5. The van der Waals surface area contributed by atoms with Crippen molar-refractivity contribution >= 4 is 46.4 Å². The molecule has 0 aliphatic heterocycles. The molecule has 0 bridgehead atoms. The minimum atomic E-state index is -0.272. The van der Waals surface area contributed by atoms with Gasteiger partial charge in [-0.2, -0.15) is 0 Å². The molecular weight excluding hydrogens is 258 g/mol. The summed E-state index contributed by atoms with van der Waals surface area (Å²) in [4.78, 5) is 0. The SMILES string of the molecule is ClCC(CCl)(CCl)CCl.[Fe]. The number of hydrogen-bond donors (Lipinski definition) is 0. The number of alkyl halides is 4. The summed E-state index contributed by atoms with van der Waals surface area (Å²) in [5, 5.41) is 0. The van der Waals surface area contributed by atoms with Crippen LogP contribution in [0.5, 0.6) is 0 Å². The van der Waals surface area contributed by atoms with E-state index in [9.17, 15) is 0 Å². The Morgan fingerprint density at radius 3 is 0.900 bits per heavy atom. The van der Waals surface area contributed by atoms with Crippen molar-refractivity contribution in [3.63, 3.8) is 0 Å². The third-order valence-corrected chi connectivity index (χ3v) is 3.40. The molecule has 0 radical (unpaired) electrons. The van der Waals surface area contributed by atoms with Gasteiger partial charge in [-0.1, -0.05) is 0 Å². The van der Waals surface area contributed by atoms with E-state index in [2.05, 4.69) is 0 Å². The van der Waals surface area contributed by atoms with Gasteiger partial charge in [0.25, 0.3) is 0 Å². The molecule has 0 unspecified atom stereocenters. The van der Waals surface area contributed by atoms with Crippen molar-refractivity contribution in [2.75, 3.05) is 23.5 Å². The maximum absolute atomic E-state index is 5.57. The van der Waals surface area contributed by atoms with E-state index >= 15 is 0 Å². The van der Waals surface area contributed by atoms with E-state index in [4.69, 9.17) is 46.4 Å². The second kappa shape index (κ2) is 7.34. The maximum Gasteiger partial charge on any atom is 0.0314 e. The quantitative estimate of drug-likeness (QED) is 0.542. The summed E-state index contributed by atoms with van der Waals surface area (Å²) >= 11 is 22.3. The second-order valence-electron chi connectivity index (χ2n) is 2.03. The van der Waals surface area contributed by atoms with Crippen LogP contribution in [-0.2, 0) is 17.1 Å². The van der Waals surface area contributed by atoms with E-state index < -0.39 is 0 Å². The van der Waals surface area contributed by atoms with Gasteiger partial charge < -0.3 is 0 Å². The van der Waals surface area contributed by atoms with E-state index in [-0.39, 0.29) is 22.5 Å². The fourth-order valence-corrected chi connectivity index (χ4v) is 1.93. The maximum atomic E-state index is 5.57. The van der Waals surface area contributed by atoms with Crippen LogP contribution in [0.1, 0.15) is 0 Å². The topological polar surface area (TPSA) is 0 Å². The Balaban J connectivity index is 0. The minimum absolute atomic E-state index is 0. The average Bonchev–Trinajstić information content (AvgIpc) is 1.95. The van der Waals surface area contributed by atoms with Gasteiger partial charge in [-0.3, -0.25) is 0 Å².